The summed E-state index contributed by atoms with van der Waals surface area (Å²) in [5.74, 6) is -0.324. The fourth-order valence-electron chi connectivity index (χ4n) is 1.49. The molecule has 2 amide bonds. The SMILES string of the molecule is CCNC(=O)CN(CC)C(=O)/C=C/c1csc(C)n1. The van der Waals surface area contributed by atoms with E-state index in [0.717, 1.165) is 10.7 Å². The molecular formula is C13H19N3O2S. The van der Waals surface area contributed by atoms with Crippen molar-refractivity contribution in [2.24, 2.45) is 0 Å². The lowest BCUT2D eigenvalue weighted by atomic mass is 10.3. The number of nitrogens with one attached hydrogen (secondary N) is 1. The minimum absolute atomic E-state index is 0.0869. The van der Waals surface area contributed by atoms with Gasteiger partial charge in [0, 0.05) is 24.5 Å². The normalized spacial score (nSPS) is 10.7. The number of hydrogen-bond acceptors (Lipinski definition) is 4. The number of nitrogens with zero attached hydrogens (tertiary/aromatic N) is 2. The van der Waals surface area contributed by atoms with Gasteiger partial charge in [-0.1, -0.05) is 0 Å². The highest BCUT2D eigenvalue weighted by Gasteiger charge is 2.12. The Balaban J connectivity index is 2.58. The molecule has 1 aromatic heterocycles. The quantitative estimate of drug-likeness (QED) is 0.803. The van der Waals surface area contributed by atoms with Crippen LogP contribution in [0, 0.1) is 6.92 Å². The van der Waals surface area contributed by atoms with Crippen molar-refractivity contribution in [2.45, 2.75) is 20.8 Å². The van der Waals surface area contributed by atoms with Crippen LogP contribution in [-0.4, -0.2) is 41.3 Å². The molecule has 0 radical (unpaired) electrons. The summed E-state index contributed by atoms with van der Waals surface area (Å²) in [6, 6.07) is 0. The van der Waals surface area contributed by atoms with Gasteiger partial charge in [-0.05, 0) is 26.8 Å². The Morgan fingerprint density at radius 1 is 1.47 bits per heavy atom. The Bertz CT molecular complexity index is 468. The Labute approximate surface area is 117 Å². The van der Waals surface area contributed by atoms with Gasteiger partial charge in [0.05, 0.1) is 17.2 Å². The molecule has 0 saturated heterocycles. The lowest BCUT2D eigenvalue weighted by molar-refractivity contribution is -0.132. The Hall–Kier alpha value is -1.69. The molecule has 5 nitrogen and oxygen atoms in total. The number of likely N-dealkylation sites (N-methyl/N-ethyl adjacent to an activating group) is 2. The number of thiazole rings is 1. The standard InChI is InChI=1S/C13H19N3O2S/c1-4-14-12(17)8-16(5-2)13(18)7-6-11-9-19-10(3)15-11/h6-7,9H,4-5,8H2,1-3H3,(H,14,17)/b7-6+. The molecule has 19 heavy (non-hydrogen) atoms. The van der Waals surface area contributed by atoms with Crippen LogP contribution in [0.1, 0.15) is 24.5 Å². The van der Waals surface area contributed by atoms with E-state index in [4.69, 9.17) is 0 Å². The van der Waals surface area contributed by atoms with Crippen molar-refractivity contribution in [3.63, 3.8) is 0 Å². The molecule has 1 rings (SSSR count). The first-order valence-electron chi connectivity index (χ1n) is 6.22. The lowest BCUT2D eigenvalue weighted by Crippen LogP contribution is -2.39. The summed E-state index contributed by atoms with van der Waals surface area (Å²) in [4.78, 5) is 29.1. The maximum absolute atomic E-state index is 11.9. The monoisotopic (exact) mass is 281 g/mol. The molecule has 0 bridgehead atoms. The number of aryl methyl sites for hydroxylation is 1. The van der Waals surface area contributed by atoms with Gasteiger partial charge in [0.1, 0.15) is 0 Å². The molecule has 0 fully saturated rings. The number of hydrogen-bond donors (Lipinski definition) is 1. The highest BCUT2D eigenvalue weighted by molar-refractivity contribution is 7.09. The minimum Gasteiger partial charge on any atom is -0.355 e. The van der Waals surface area contributed by atoms with Gasteiger partial charge in [-0.3, -0.25) is 9.59 Å². The molecule has 104 valence electrons. The smallest absolute Gasteiger partial charge is 0.247 e. The molecule has 0 unspecified atom stereocenters. The van der Waals surface area contributed by atoms with Crippen LogP contribution in [0.5, 0.6) is 0 Å². The van der Waals surface area contributed by atoms with Crippen molar-refractivity contribution < 1.29 is 9.59 Å². The summed E-state index contributed by atoms with van der Waals surface area (Å²) < 4.78 is 0. The van der Waals surface area contributed by atoms with Gasteiger partial charge in [-0.25, -0.2) is 4.98 Å². The highest BCUT2D eigenvalue weighted by Crippen LogP contribution is 2.09. The number of aromatic nitrogens is 1. The Morgan fingerprint density at radius 3 is 2.74 bits per heavy atom. The van der Waals surface area contributed by atoms with E-state index in [1.54, 1.807) is 6.08 Å². The fraction of sp³-hybridized carbons (Fsp3) is 0.462. The second-order valence-electron chi connectivity index (χ2n) is 3.93. The second kappa shape index (κ2) is 7.68. The third-order valence-electron chi connectivity index (χ3n) is 2.44. The van der Waals surface area contributed by atoms with Gasteiger partial charge in [0.25, 0.3) is 0 Å². The highest BCUT2D eigenvalue weighted by atomic mass is 32.1. The molecule has 0 atom stereocenters. The Kier molecular flexibility index (Phi) is 6.21. The van der Waals surface area contributed by atoms with Crippen molar-refractivity contribution in [3.8, 4) is 0 Å². The Morgan fingerprint density at radius 2 is 2.21 bits per heavy atom. The van der Waals surface area contributed by atoms with Crippen LogP contribution < -0.4 is 5.32 Å². The van der Waals surface area contributed by atoms with Crippen LogP contribution in [-0.2, 0) is 9.59 Å². The lowest BCUT2D eigenvalue weighted by Gasteiger charge is -2.18. The predicted octanol–water partition coefficient (Wildman–Crippen LogP) is 1.45. The summed E-state index contributed by atoms with van der Waals surface area (Å²) in [5, 5.41) is 5.52. The van der Waals surface area contributed by atoms with E-state index in [2.05, 4.69) is 10.3 Å². The van der Waals surface area contributed by atoms with Crippen LogP contribution in [0.25, 0.3) is 6.08 Å². The van der Waals surface area contributed by atoms with E-state index < -0.39 is 0 Å². The zero-order valence-electron chi connectivity index (χ0n) is 11.5. The molecular weight excluding hydrogens is 262 g/mol. The molecule has 0 spiro atoms. The predicted molar refractivity (Wildman–Crippen MR) is 76.8 cm³/mol. The maximum Gasteiger partial charge on any atom is 0.247 e. The largest absolute Gasteiger partial charge is 0.355 e. The zero-order valence-corrected chi connectivity index (χ0v) is 12.3. The number of amides is 2. The van der Waals surface area contributed by atoms with E-state index in [0.29, 0.717) is 13.1 Å². The van der Waals surface area contributed by atoms with Gasteiger partial charge in [0.2, 0.25) is 11.8 Å². The molecule has 0 aliphatic carbocycles. The van der Waals surface area contributed by atoms with Crippen molar-refractivity contribution in [1.29, 1.82) is 0 Å². The third kappa shape index (κ3) is 5.21. The molecule has 0 saturated carbocycles. The molecule has 1 N–H and O–H groups in total. The van der Waals surface area contributed by atoms with Gasteiger partial charge < -0.3 is 10.2 Å². The van der Waals surface area contributed by atoms with E-state index in [1.165, 1.54) is 22.3 Å². The number of carbonyl (C=O) groups excluding carboxylic acids is 2. The van der Waals surface area contributed by atoms with Crippen LogP contribution >= 0.6 is 11.3 Å². The van der Waals surface area contributed by atoms with E-state index in [1.807, 2.05) is 26.2 Å². The minimum atomic E-state index is -0.181. The van der Waals surface area contributed by atoms with E-state index in [-0.39, 0.29) is 18.4 Å². The van der Waals surface area contributed by atoms with E-state index >= 15 is 0 Å². The van der Waals surface area contributed by atoms with Crippen LogP contribution in [0.3, 0.4) is 0 Å². The molecule has 6 heteroatoms. The van der Waals surface area contributed by atoms with Gasteiger partial charge in [-0.2, -0.15) is 0 Å². The molecule has 0 aliphatic heterocycles. The van der Waals surface area contributed by atoms with Gasteiger partial charge in [0.15, 0.2) is 0 Å². The zero-order chi connectivity index (χ0) is 14.3. The first-order valence-corrected chi connectivity index (χ1v) is 7.10. The number of carbonyl (C=O) groups is 2. The third-order valence-corrected chi connectivity index (χ3v) is 3.23. The summed E-state index contributed by atoms with van der Waals surface area (Å²) >= 11 is 1.54. The molecule has 0 aliphatic rings. The van der Waals surface area contributed by atoms with Crippen molar-refractivity contribution in [2.75, 3.05) is 19.6 Å². The van der Waals surface area contributed by atoms with Crippen molar-refractivity contribution in [3.05, 3.63) is 22.2 Å². The average molecular weight is 281 g/mol. The van der Waals surface area contributed by atoms with Gasteiger partial charge >= 0.3 is 0 Å². The first-order chi connectivity index (χ1) is 9.06. The molecule has 1 aromatic rings. The van der Waals surface area contributed by atoms with Gasteiger partial charge in [-0.15, -0.1) is 11.3 Å². The molecule has 1 heterocycles. The van der Waals surface area contributed by atoms with Crippen LogP contribution in [0.2, 0.25) is 0 Å². The summed E-state index contributed by atoms with van der Waals surface area (Å²) in [7, 11) is 0. The topological polar surface area (TPSA) is 62.3 Å². The van der Waals surface area contributed by atoms with Crippen molar-refractivity contribution in [1.82, 2.24) is 15.2 Å². The second-order valence-corrected chi connectivity index (χ2v) is 4.99. The van der Waals surface area contributed by atoms with E-state index in [9.17, 15) is 9.59 Å². The number of rotatable bonds is 6. The van der Waals surface area contributed by atoms with Crippen LogP contribution in [0.15, 0.2) is 11.5 Å². The molecule has 0 aromatic carbocycles. The average Bonchev–Trinajstić information content (AvgIpc) is 2.79. The maximum atomic E-state index is 11.9. The fourth-order valence-corrected chi connectivity index (χ4v) is 2.07. The summed E-state index contributed by atoms with van der Waals surface area (Å²) in [5.41, 5.74) is 0.768. The summed E-state index contributed by atoms with van der Waals surface area (Å²) in [6.45, 7) is 6.76. The van der Waals surface area contributed by atoms with Crippen molar-refractivity contribution >= 4 is 29.2 Å². The first kappa shape index (κ1) is 15.4. The van der Waals surface area contributed by atoms with Crippen LogP contribution in [0.4, 0.5) is 0 Å². The summed E-state index contributed by atoms with van der Waals surface area (Å²) in [6.07, 6.45) is 3.13.